The number of carbonyl (C=O) groups excluding carboxylic acids is 1. The Labute approximate surface area is 139 Å². The van der Waals surface area contributed by atoms with E-state index >= 15 is 0 Å². The number of methoxy groups -OCH3 is 2. The Morgan fingerprint density at radius 3 is 2.57 bits per heavy atom. The number of urea groups is 1. The van der Waals surface area contributed by atoms with Gasteiger partial charge in [0.05, 0.1) is 36.7 Å². The van der Waals surface area contributed by atoms with Crippen molar-refractivity contribution in [1.82, 2.24) is 10.3 Å². The Morgan fingerprint density at radius 1 is 1.22 bits per heavy atom. The molecule has 0 saturated heterocycles. The van der Waals surface area contributed by atoms with Crippen LogP contribution in [0.25, 0.3) is 0 Å². The van der Waals surface area contributed by atoms with Crippen molar-refractivity contribution < 1.29 is 14.3 Å². The van der Waals surface area contributed by atoms with Gasteiger partial charge in [-0.25, -0.2) is 4.79 Å². The number of nitrogens with one attached hydrogen (secondary N) is 2. The van der Waals surface area contributed by atoms with E-state index in [1.165, 1.54) is 14.2 Å². The standard InChI is InChI=1S/C16H18ClN3O3/c1-10(12-6-4-5-7-18-12)19-16(21)20-13-8-11(17)14(22-2)9-15(13)23-3/h4-10H,1-3H3,(H2,19,20,21). The number of amides is 2. The molecule has 0 radical (unpaired) electrons. The van der Waals surface area contributed by atoms with Gasteiger partial charge >= 0.3 is 6.03 Å². The zero-order valence-electron chi connectivity index (χ0n) is 13.1. The van der Waals surface area contributed by atoms with Crippen LogP contribution in [0.1, 0.15) is 18.7 Å². The zero-order valence-corrected chi connectivity index (χ0v) is 13.8. The molecule has 122 valence electrons. The summed E-state index contributed by atoms with van der Waals surface area (Å²) in [5.41, 5.74) is 1.21. The summed E-state index contributed by atoms with van der Waals surface area (Å²) in [6, 6.07) is 8.09. The van der Waals surface area contributed by atoms with Gasteiger partial charge in [0.15, 0.2) is 0 Å². The Morgan fingerprint density at radius 2 is 1.96 bits per heavy atom. The number of ether oxygens (including phenoxy) is 2. The Bertz CT molecular complexity index is 680. The minimum absolute atomic E-state index is 0.240. The highest BCUT2D eigenvalue weighted by atomic mass is 35.5. The van der Waals surface area contributed by atoms with Gasteiger partial charge in [0.1, 0.15) is 11.5 Å². The molecular formula is C16H18ClN3O3. The van der Waals surface area contributed by atoms with Crippen LogP contribution in [0.5, 0.6) is 11.5 Å². The molecule has 1 heterocycles. The van der Waals surface area contributed by atoms with E-state index in [-0.39, 0.29) is 12.1 Å². The average molecular weight is 336 g/mol. The summed E-state index contributed by atoms with van der Waals surface area (Å²) >= 11 is 6.08. The Hall–Kier alpha value is -2.47. The monoisotopic (exact) mass is 335 g/mol. The molecule has 1 aromatic carbocycles. The van der Waals surface area contributed by atoms with Crippen molar-refractivity contribution >= 4 is 23.3 Å². The lowest BCUT2D eigenvalue weighted by atomic mass is 10.2. The van der Waals surface area contributed by atoms with Crippen molar-refractivity contribution in [2.75, 3.05) is 19.5 Å². The van der Waals surface area contributed by atoms with Crippen molar-refractivity contribution in [2.24, 2.45) is 0 Å². The second-order valence-corrected chi connectivity index (χ2v) is 5.17. The third-order valence-electron chi connectivity index (χ3n) is 3.20. The number of hydrogen-bond donors (Lipinski definition) is 2. The van der Waals surface area contributed by atoms with E-state index in [2.05, 4.69) is 15.6 Å². The van der Waals surface area contributed by atoms with Crippen LogP contribution in [0, 0.1) is 0 Å². The molecule has 23 heavy (non-hydrogen) atoms. The van der Waals surface area contributed by atoms with Gasteiger partial charge in [0.25, 0.3) is 0 Å². The lowest BCUT2D eigenvalue weighted by Gasteiger charge is -2.16. The van der Waals surface area contributed by atoms with E-state index in [1.54, 1.807) is 18.3 Å². The van der Waals surface area contributed by atoms with Crippen LogP contribution in [-0.4, -0.2) is 25.2 Å². The first-order valence-electron chi connectivity index (χ1n) is 6.95. The zero-order chi connectivity index (χ0) is 16.8. The molecule has 0 aliphatic rings. The van der Waals surface area contributed by atoms with Crippen LogP contribution in [-0.2, 0) is 0 Å². The minimum Gasteiger partial charge on any atom is -0.495 e. The molecule has 0 aliphatic carbocycles. The molecule has 7 heteroatoms. The molecule has 2 N–H and O–H groups in total. The van der Waals surface area contributed by atoms with Crippen LogP contribution in [0.2, 0.25) is 5.02 Å². The van der Waals surface area contributed by atoms with E-state index in [4.69, 9.17) is 21.1 Å². The Kier molecular flexibility index (Phi) is 5.65. The van der Waals surface area contributed by atoms with Crippen molar-refractivity contribution in [3.8, 4) is 11.5 Å². The average Bonchev–Trinajstić information content (AvgIpc) is 2.55. The van der Waals surface area contributed by atoms with Crippen molar-refractivity contribution in [3.63, 3.8) is 0 Å². The van der Waals surface area contributed by atoms with Crippen LogP contribution in [0.4, 0.5) is 10.5 Å². The van der Waals surface area contributed by atoms with Gasteiger partial charge in [-0.1, -0.05) is 17.7 Å². The number of aromatic nitrogens is 1. The van der Waals surface area contributed by atoms with Crippen molar-refractivity contribution in [1.29, 1.82) is 0 Å². The third kappa shape index (κ3) is 4.26. The second kappa shape index (κ2) is 7.69. The first-order valence-corrected chi connectivity index (χ1v) is 7.33. The lowest BCUT2D eigenvalue weighted by molar-refractivity contribution is 0.249. The molecule has 1 atom stereocenters. The molecule has 0 aliphatic heterocycles. The van der Waals surface area contributed by atoms with Gasteiger partial charge in [-0.2, -0.15) is 0 Å². The van der Waals surface area contributed by atoms with E-state index in [9.17, 15) is 4.79 Å². The van der Waals surface area contributed by atoms with Gasteiger partial charge in [-0.3, -0.25) is 4.98 Å². The van der Waals surface area contributed by atoms with Crippen molar-refractivity contribution in [2.45, 2.75) is 13.0 Å². The van der Waals surface area contributed by atoms with Gasteiger partial charge in [-0.05, 0) is 25.1 Å². The van der Waals surface area contributed by atoms with Crippen LogP contribution >= 0.6 is 11.6 Å². The molecule has 2 aromatic rings. The summed E-state index contributed by atoms with van der Waals surface area (Å²) in [5, 5.41) is 5.89. The number of hydrogen-bond acceptors (Lipinski definition) is 4. The topological polar surface area (TPSA) is 72.5 Å². The van der Waals surface area contributed by atoms with Crippen molar-refractivity contribution in [3.05, 3.63) is 47.2 Å². The molecule has 2 rings (SSSR count). The maximum Gasteiger partial charge on any atom is 0.319 e. The van der Waals surface area contributed by atoms with Gasteiger partial charge < -0.3 is 20.1 Å². The summed E-state index contributed by atoms with van der Waals surface area (Å²) in [6.45, 7) is 1.85. The van der Waals surface area contributed by atoms with E-state index in [0.717, 1.165) is 5.69 Å². The fourth-order valence-corrected chi connectivity index (χ4v) is 2.26. The van der Waals surface area contributed by atoms with Crippen LogP contribution in [0.3, 0.4) is 0 Å². The van der Waals surface area contributed by atoms with Gasteiger partial charge in [0.2, 0.25) is 0 Å². The maximum absolute atomic E-state index is 12.2. The number of nitrogens with zero attached hydrogens (tertiary/aromatic N) is 1. The summed E-state index contributed by atoms with van der Waals surface area (Å²) in [4.78, 5) is 16.4. The van der Waals surface area contributed by atoms with Crippen LogP contribution in [0.15, 0.2) is 36.5 Å². The molecule has 0 bridgehead atoms. The van der Waals surface area contributed by atoms with Crippen LogP contribution < -0.4 is 20.1 Å². The first-order chi connectivity index (χ1) is 11.0. The van der Waals surface area contributed by atoms with Gasteiger partial charge in [-0.15, -0.1) is 0 Å². The molecule has 1 unspecified atom stereocenters. The van der Waals surface area contributed by atoms with E-state index in [0.29, 0.717) is 22.2 Å². The molecular weight excluding hydrogens is 318 g/mol. The molecule has 0 fully saturated rings. The fraction of sp³-hybridized carbons (Fsp3) is 0.250. The lowest BCUT2D eigenvalue weighted by Crippen LogP contribution is -2.31. The number of carbonyl (C=O) groups is 1. The predicted molar refractivity (Wildman–Crippen MR) is 89.4 cm³/mol. The molecule has 6 nitrogen and oxygen atoms in total. The Balaban J connectivity index is 2.09. The summed E-state index contributed by atoms with van der Waals surface area (Å²) in [6.07, 6.45) is 1.68. The normalized spacial score (nSPS) is 11.5. The quantitative estimate of drug-likeness (QED) is 0.875. The molecule has 2 amide bonds. The number of halogens is 1. The highest BCUT2D eigenvalue weighted by Gasteiger charge is 2.14. The SMILES string of the molecule is COc1cc(OC)c(NC(=O)NC(C)c2ccccn2)cc1Cl. The second-order valence-electron chi connectivity index (χ2n) is 4.76. The number of pyridine rings is 1. The predicted octanol–water partition coefficient (Wildman–Crippen LogP) is 3.63. The smallest absolute Gasteiger partial charge is 0.319 e. The molecule has 1 aromatic heterocycles. The first kappa shape index (κ1) is 16.9. The highest BCUT2D eigenvalue weighted by Crippen LogP contribution is 2.35. The maximum atomic E-state index is 12.2. The summed E-state index contributed by atoms with van der Waals surface area (Å²) in [5.74, 6) is 0.920. The third-order valence-corrected chi connectivity index (χ3v) is 3.50. The largest absolute Gasteiger partial charge is 0.495 e. The number of rotatable bonds is 5. The molecule has 0 spiro atoms. The molecule has 0 saturated carbocycles. The minimum atomic E-state index is -0.386. The number of anilines is 1. The summed E-state index contributed by atoms with van der Waals surface area (Å²) in [7, 11) is 3.01. The summed E-state index contributed by atoms with van der Waals surface area (Å²) < 4.78 is 10.4. The highest BCUT2D eigenvalue weighted by molar-refractivity contribution is 6.32. The fourth-order valence-electron chi connectivity index (χ4n) is 2.02. The van der Waals surface area contributed by atoms with E-state index < -0.39 is 0 Å². The van der Waals surface area contributed by atoms with E-state index in [1.807, 2.05) is 25.1 Å². The van der Waals surface area contributed by atoms with Gasteiger partial charge in [0, 0.05) is 12.3 Å². The number of benzene rings is 1.